The molecule has 1 rings (SSSR count). The van der Waals surface area contributed by atoms with E-state index in [1.54, 1.807) is 6.92 Å². The van der Waals surface area contributed by atoms with Crippen LogP contribution in [0.15, 0.2) is 0 Å². The van der Waals surface area contributed by atoms with Crippen LogP contribution in [0.1, 0.15) is 33.1 Å². The lowest BCUT2D eigenvalue weighted by molar-refractivity contribution is -0.141. The van der Waals surface area contributed by atoms with Crippen LogP contribution in [0.4, 0.5) is 4.79 Å². The van der Waals surface area contributed by atoms with Crippen molar-refractivity contribution in [1.82, 2.24) is 10.6 Å². The number of carbonyl (C=O) groups is 2. The maximum absolute atomic E-state index is 11.4. The summed E-state index contributed by atoms with van der Waals surface area (Å²) < 4.78 is 4.70. The number of hydrogen-bond donors (Lipinski definition) is 2. The molecule has 1 saturated carbocycles. The van der Waals surface area contributed by atoms with Crippen LogP contribution in [-0.2, 0) is 9.53 Å². The highest BCUT2D eigenvalue weighted by Crippen LogP contribution is 2.24. The van der Waals surface area contributed by atoms with Gasteiger partial charge in [-0.25, -0.2) is 4.79 Å². The molecule has 5 heteroatoms. The first-order valence-electron chi connectivity index (χ1n) is 5.81. The predicted octanol–water partition coefficient (Wildman–Crippen LogP) is 1.04. The molecular weight excluding hydrogens is 208 g/mol. The number of nitrogens with one attached hydrogen (secondary N) is 2. The lowest BCUT2D eigenvalue weighted by Crippen LogP contribution is -2.43. The average molecular weight is 228 g/mol. The van der Waals surface area contributed by atoms with Crippen LogP contribution in [0.3, 0.4) is 0 Å². The molecule has 0 radical (unpaired) electrons. The number of carbonyl (C=O) groups excluding carboxylic acids is 2. The number of esters is 1. The smallest absolute Gasteiger partial charge is 0.325 e. The fraction of sp³-hybridized carbons (Fsp3) is 0.818. The molecule has 1 aliphatic rings. The van der Waals surface area contributed by atoms with Gasteiger partial charge in [0.1, 0.15) is 6.54 Å². The first-order valence-corrected chi connectivity index (χ1v) is 5.81. The van der Waals surface area contributed by atoms with Gasteiger partial charge in [-0.05, 0) is 32.1 Å². The molecule has 0 aliphatic heterocycles. The molecule has 1 fully saturated rings. The van der Waals surface area contributed by atoms with E-state index in [-0.39, 0.29) is 18.6 Å². The zero-order chi connectivity index (χ0) is 12.0. The third kappa shape index (κ3) is 4.51. The Balaban J connectivity index is 2.13. The van der Waals surface area contributed by atoms with E-state index in [0.29, 0.717) is 12.5 Å². The Labute approximate surface area is 95.9 Å². The normalized spacial score (nSPS) is 23.9. The molecule has 0 aromatic carbocycles. The topological polar surface area (TPSA) is 67.4 Å². The minimum absolute atomic E-state index is 0.0675. The van der Waals surface area contributed by atoms with Gasteiger partial charge in [0.05, 0.1) is 6.61 Å². The van der Waals surface area contributed by atoms with Gasteiger partial charge in [0.25, 0.3) is 0 Å². The van der Waals surface area contributed by atoms with E-state index in [1.807, 2.05) is 0 Å². The standard InChI is InChI=1S/C11H20N2O3/c1-3-16-10(14)7-12-11(15)13-9-5-4-8(2)6-9/h8-9H,3-7H2,1-2H3,(H2,12,13,15). The van der Waals surface area contributed by atoms with Gasteiger partial charge in [-0.1, -0.05) is 6.92 Å². The van der Waals surface area contributed by atoms with E-state index in [1.165, 1.54) is 0 Å². The van der Waals surface area contributed by atoms with Crippen molar-refractivity contribution in [2.24, 2.45) is 5.92 Å². The van der Waals surface area contributed by atoms with Crippen LogP contribution in [0.25, 0.3) is 0 Å². The molecular formula is C11H20N2O3. The molecule has 2 amide bonds. The summed E-state index contributed by atoms with van der Waals surface area (Å²) in [4.78, 5) is 22.4. The predicted molar refractivity (Wildman–Crippen MR) is 60.0 cm³/mol. The summed E-state index contributed by atoms with van der Waals surface area (Å²) >= 11 is 0. The van der Waals surface area contributed by atoms with Crippen molar-refractivity contribution in [3.05, 3.63) is 0 Å². The fourth-order valence-corrected chi connectivity index (χ4v) is 1.94. The van der Waals surface area contributed by atoms with E-state index in [2.05, 4.69) is 17.6 Å². The van der Waals surface area contributed by atoms with Crippen LogP contribution in [0, 0.1) is 5.92 Å². The summed E-state index contributed by atoms with van der Waals surface area (Å²) in [6.45, 7) is 4.18. The van der Waals surface area contributed by atoms with Crippen molar-refractivity contribution >= 4 is 12.0 Å². The van der Waals surface area contributed by atoms with Gasteiger partial charge in [0.2, 0.25) is 0 Å². The van der Waals surface area contributed by atoms with E-state index < -0.39 is 5.97 Å². The highest BCUT2D eigenvalue weighted by Gasteiger charge is 2.22. The lowest BCUT2D eigenvalue weighted by Gasteiger charge is -2.12. The number of ether oxygens (including phenoxy) is 1. The molecule has 0 bridgehead atoms. The van der Waals surface area contributed by atoms with Gasteiger partial charge >= 0.3 is 12.0 Å². The summed E-state index contributed by atoms with van der Waals surface area (Å²) in [7, 11) is 0. The average Bonchev–Trinajstić information content (AvgIpc) is 2.61. The Hall–Kier alpha value is -1.26. The summed E-state index contributed by atoms with van der Waals surface area (Å²) in [5.74, 6) is 0.271. The Kier molecular flexibility index (Phi) is 5.08. The zero-order valence-electron chi connectivity index (χ0n) is 9.91. The third-order valence-electron chi connectivity index (χ3n) is 2.73. The third-order valence-corrected chi connectivity index (χ3v) is 2.73. The van der Waals surface area contributed by atoms with Gasteiger partial charge in [0, 0.05) is 6.04 Å². The summed E-state index contributed by atoms with van der Waals surface area (Å²) in [5, 5.41) is 5.33. The van der Waals surface area contributed by atoms with Crippen LogP contribution in [0.2, 0.25) is 0 Å². The maximum atomic E-state index is 11.4. The zero-order valence-corrected chi connectivity index (χ0v) is 9.91. The minimum atomic E-state index is -0.405. The highest BCUT2D eigenvalue weighted by molar-refractivity contribution is 5.80. The van der Waals surface area contributed by atoms with Crippen molar-refractivity contribution in [3.63, 3.8) is 0 Å². The molecule has 2 atom stereocenters. The molecule has 2 unspecified atom stereocenters. The number of amides is 2. The largest absolute Gasteiger partial charge is 0.465 e. The molecule has 2 N–H and O–H groups in total. The van der Waals surface area contributed by atoms with Crippen LogP contribution in [-0.4, -0.2) is 31.2 Å². The van der Waals surface area contributed by atoms with Crippen molar-refractivity contribution < 1.29 is 14.3 Å². The van der Waals surface area contributed by atoms with E-state index in [0.717, 1.165) is 19.3 Å². The van der Waals surface area contributed by atoms with E-state index in [4.69, 9.17) is 4.74 Å². The quantitative estimate of drug-likeness (QED) is 0.706. The first kappa shape index (κ1) is 12.8. The van der Waals surface area contributed by atoms with Crippen molar-refractivity contribution in [3.8, 4) is 0 Å². The van der Waals surface area contributed by atoms with Crippen molar-refractivity contribution in [2.75, 3.05) is 13.2 Å². The second kappa shape index (κ2) is 6.35. The molecule has 92 valence electrons. The minimum Gasteiger partial charge on any atom is -0.465 e. The Morgan fingerprint density at radius 2 is 2.12 bits per heavy atom. The van der Waals surface area contributed by atoms with Crippen molar-refractivity contribution in [1.29, 1.82) is 0 Å². The number of hydrogen-bond acceptors (Lipinski definition) is 3. The molecule has 1 aliphatic carbocycles. The molecule has 0 saturated heterocycles. The highest BCUT2D eigenvalue weighted by atomic mass is 16.5. The molecule has 0 aromatic rings. The van der Waals surface area contributed by atoms with Gasteiger partial charge in [-0.2, -0.15) is 0 Å². The van der Waals surface area contributed by atoms with E-state index in [9.17, 15) is 9.59 Å². The molecule has 5 nitrogen and oxygen atoms in total. The van der Waals surface area contributed by atoms with Crippen molar-refractivity contribution in [2.45, 2.75) is 39.2 Å². The monoisotopic (exact) mass is 228 g/mol. The summed E-state index contributed by atoms with van der Waals surface area (Å²) in [5.41, 5.74) is 0. The summed E-state index contributed by atoms with van der Waals surface area (Å²) in [6, 6.07) is -0.0376. The van der Waals surface area contributed by atoms with Gasteiger partial charge in [0.15, 0.2) is 0 Å². The molecule has 0 heterocycles. The second-order valence-corrected chi connectivity index (χ2v) is 4.25. The Morgan fingerprint density at radius 1 is 1.38 bits per heavy atom. The first-order chi connectivity index (χ1) is 7.61. The molecule has 16 heavy (non-hydrogen) atoms. The summed E-state index contributed by atoms with van der Waals surface area (Å²) in [6.07, 6.45) is 3.20. The van der Waals surface area contributed by atoms with E-state index >= 15 is 0 Å². The fourth-order valence-electron chi connectivity index (χ4n) is 1.94. The Bertz CT molecular complexity index is 256. The Morgan fingerprint density at radius 3 is 2.69 bits per heavy atom. The lowest BCUT2D eigenvalue weighted by atomic mass is 10.1. The SMILES string of the molecule is CCOC(=O)CNC(=O)NC1CCC(C)C1. The number of urea groups is 1. The van der Waals surface area contributed by atoms with Crippen LogP contribution in [0.5, 0.6) is 0 Å². The maximum Gasteiger partial charge on any atom is 0.325 e. The van der Waals surface area contributed by atoms with Gasteiger partial charge in [-0.15, -0.1) is 0 Å². The number of rotatable bonds is 4. The molecule has 0 aromatic heterocycles. The van der Waals surface area contributed by atoms with Crippen LogP contribution < -0.4 is 10.6 Å². The van der Waals surface area contributed by atoms with Gasteiger partial charge in [-0.3, -0.25) is 4.79 Å². The van der Waals surface area contributed by atoms with Crippen LogP contribution >= 0.6 is 0 Å². The molecule has 0 spiro atoms. The van der Waals surface area contributed by atoms with Gasteiger partial charge < -0.3 is 15.4 Å². The second-order valence-electron chi connectivity index (χ2n) is 4.25.